The number of sulfone groups is 1. The molecule has 1 aliphatic heterocycles. The Morgan fingerprint density at radius 1 is 1.05 bits per heavy atom. The molecule has 8 heteroatoms. The van der Waals surface area contributed by atoms with Gasteiger partial charge in [0.15, 0.2) is 0 Å². The van der Waals surface area contributed by atoms with Crippen molar-refractivity contribution in [2.45, 2.75) is 49.8 Å². The van der Waals surface area contributed by atoms with Crippen molar-refractivity contribution in [2.75, 3.05) is 17.4 Å². The molecule has 1 saturated heterocycles. The van der Waals surface area contributed by atoms with Gasteiger partial charge < -0.3 is 0 Å². The van der Waals surface area contributed by atoms with Crippen molar-refractivity contribution < 1.29 is 16.8 Å². The number of nitrogens with one attached hydrogen (secondary N) is 1. The molecule has 1 aliphatic carbocycles. The van der Waals surface area contributed by atoms with Gasteiger partial charge >= 0.3 is 0 Å². The summed E-state index contributed by atoms with van der Waals surface area (Å²) in [6.07, 6.45) is 4.29. The van der Waals surface area contributed by atoms with E-state index in [1.54, 1.807) is 0 Å². The smallest absolute Gasteiger partial charge is 0.214 e. The molecule has 1 saturated carbocycles. The lowest BCUT2D eigenvalue weighted by molar-refractivity contribution is 0.312. The number of hydrogen-bond donors (Lipinski definition) is 1. The molecule has 118 valence electrons. The fourth-order valence-electron chi connectivity index (χ4n) is 3.03. The molecule has 0 aromatic rings. The molecule has 1 heterocycles. The van der Waals surface area contributed by atoms with E-state index < -0.39 is 25.1 Å². The van der Waals surface area contributed by atoms with E-state index in [4.69, 9.17) is 11.6 Å². The minimum atomic E-state index is -3.45. The van der Waals surface area contributed by atoms with Gasteiger partial charge in [-0.25, -0.2) is 21.6 Å². The average molecular weight is 344 g/mol. The summed E-state index contributed by atoms with van der Waals surface area (Å²) in [4.78, 5) is 0. The van der Waals surface area contributed by atoms with Gasteiger partial charge in [0.25, 0.3) is 0 Å². The van der Waals surface area contributed by atoms with Crippen LogP contribution in [-0.2, 0) is 19.9 Å². The first-order chi connectivity index (χ1) is 9.34. The van der Waals surface area contributed by atoms with Crippen LogP contribution in [0.5, 0.6) is 0 Å². The molecule has 2 unspecified atom stereocenters. The molecule has 2 rings (SSSR count). The third-order valence-corrected chi connectivity index (χ3v) is 8.46. The van der Waals surface area contributed by atoms with Crippen LogP contribution in [-0.4, -0.2) is 45.5 Å². The summed E-state index contributed by atoms with van der Waals surface area (Å²) < 4.78 is 50.3. The fourth-order valence-corrected chi connectivity index (χ4v) is 6.97. The summed E-state index contributed by atoms with van der Waals surface area (Å²) in [5.41, 5.74) is 0. The fraction of sp³-hybridized carbons (Fsp3) is 1.00. The highest BCUT2D eigenvalue weighted by molar-refractivity contribution is 7.92. The Labute approximate surface area is 126 Å². The number of rotatable bonds is 4. The van der Waals surface area contributed by atoms with Crippen LogP contribution in [0.4, 0.5) is 0 Å². The zero-order valence-electron chi connectivity index (χ0n) is 11.4. The minimum Gasteiger partial charge on any atom is -0.229 e. The zero-order valence-corrected chi connectivity index (χ0v) is 13.8. The highest BCUT2D eigenvalue weighted by atomic mass is 35.5. The molecule has 5 nitrogen and oxygen atoms in total. The second kappa shape index (κ2) is 6.50. The van der Waals surface area contributed by atoms with E-state index in [1.165, 1.54) is 0 Å². The number of alkyl halides is 1. The van der Waals surface area contributed by atoms with Gasteiger partial charge in [0.2, 0.25) is 10.0 Å². The molecule has 2 fully saturated rings. The van der Waals surface area contributed by atoms with Gasteiger partial charge in [-0.15, -0.1) is 11.6 Å². The van der Waals surface area contributed by atoms with Crippen LogP contribution < -0.4 is 4.72 Å². The normalized spacial score (nSPS) is 32.0. The third kappa shape index (κ3) is 4.08. The Morgan fingerprint density at radius 2 is 1.65 bits per heavy atom. The molecule has 0 aromatic carbocycles. The van der Waals surface area contributed by atoms with Crippen molar-refractivity contribution in [2.24, 2.45) is 5.92 Å². The van der Waals surface area contributed by atoms with Gasteiger partial charge in [0.1, 0.15) is 9.84 Å². The van der Waals surface area contributed by atoms with Gasteiger partial charge in [-0.2, -0.15) is 0 Å². The zero-order chi connectivity index (χ0) is 14.8. The molecule has 0 spiro atoms. The summed E-state index contributed by atoms with van der Waals surface area (Å²) in [5.74, 6) is 0.601. The van der Waals surface area contributed by atoms with E-state index in [1.807, 2.05) is 0 Å². The van der Waals surface area contributed by atoms with Gasteiger partial charge in [0.05, 0.1) is 16.8 Å². The van der Waals surface area contributed by atoms with E-state index in [0.717, 1.165) is 25.7 Å². The van der Waals surface area contributed by atoms with Crippen LogP contribution in [0.15, 0.2) is 0 Å². The van der Waals surface area contributed by atoms with Crippen molar-refractivity contribution in [3.63, 3.8) is 0 Å². The van der Waals surface area contributed by atoms with Crippen LogP contribution in [0.3, 0.4) is 0 Å². The largest absolute Gasteiger partial charge is 0.229 e. The quantitative estimate of drug-likeness (QED) is 0.780. The number of sulfonamides is 1. The maximum atomic E-state index is 12.4. The molecule has 0 radical (unpaired) electrons. The standard InChI is InChI=1S/C12H22ClNO4S2/c13-9-10-3-1-2-4-12(10)14-20(17,18)11-5-7-19(15,16)8-6-11/h10-12,14H,1-9H2. The molecule has 0 aromatic heterocycles. The number of halogens is 1. The van der Waals surface area contributed by atoms with Crippen LogP contribution in [0.25, 0.3) is 0 Å². The van der Waals surface area contributed by atoms with Crippen molar-refractivity contribution in [3.8, 4) is 0 Å². The first-order valence-corrected chi connectivity index (χ1v) is 11.0. The third-order valence-electron chi connectivity index (χ3n) is 4.36. The van der Waals surface area contributed by atoms with E-state index in [2.05, 4.69) is 4.72 Å². The monoisotopic (exact) mass is 343 g/mol. The lowest BCUT2D eigenvalue weighted by Gasteiger charge is -2.32. The van der Waals surface area contributed by atoms with Crippen molar-refractivity contribution in [1.82, 2.24) is 4.72 Å². The van der Waals surface area contributed by atoms with Gasteiger partial charge in [-0.1, -0.05) is 12.8 Å². The molecular weight excluding hydrogens is 322 g/mol. The summed E-state index contributed by atoms with van der Waals surface area (Å²) in [7, 11) is -6.49. The number of hydrogen-bond acceptors (Lipinski definition) is 4. The molecule has 0 bridgehead atoms. The van der Waals surface area contributed by atoms with Gasteiger partial charge in [-0.3, -0.25) is 0 Å². The van der Waals surface area contributed by atoms with E-state index in [-0.39, 0.29) is 36.3 Å². The predicted molar refractivity (Wildman–Crippen MR) is 80.2 cm³/mol. The summed E-state index contributed by atoms with van der Waals surface area (Å²) in [6.45, 7) is 0. The average Bonchev–Trinajstić information content (AvgIpc) is 2.38. The van der Waals surface area contributed by atoms with E-state index in [0.29, 0.717) is 5.88 Å². The maximum Gasteiger partial charge on any atom is 0.214 e. The predicted octanol–water partition coefficient (Wildman–Crippen LogP) is 1.28. The maximum absolute atomic E-state index is 12.4. The molecule has 2 aliphatic rings. The van der Waals surface area contributed by atoms with Gasteiger partial charge in [0, 0.05) is 11.9 Å². The summed E-state index contributed by atoms with van der Waals surface area (Å²) in [6, 6.07) is -0.0928. The molecular formula is C12H22ClNO4S2. The Hall–Kier alpha value is 0.150. The second-order valence-corrected chi connectivity index (χ2v) is 10.4. The Balaban J connectivity index is 2.00. The summed E-state index contributed by atoms with van der Waals surface area (Å²) in [5, 5.41) is -0.580. The highest BCUT2D eigenvalue weighted by Crippen LogP contribution is 2.27. The summed E-state index contributed by atoms with van der Waals surface area (Å²) >= 11 is 5.91. The Bertz CT molecular complexity index is 518. The molecule has 2 atom stereocenters. The van der Waals surface area contributed by atoms with Crippen LogP contribution in [0.1, 0.15) is 38.5 Å². The highest BCUT2D eigenvalue weighted by Gasteiger charge is 2.36. The molecule has 1 N–H and O–H groups in total. The lowest BCUT2D eigenvalue weighted by Crippen LogP contribution is -2.48. The topological polar surface area (TPSA) is 80.3 Å². The van der Waals surface area contributed by atoms with Crippen molar-refractivity contribution in [3.05, 3.63) is 0 Å². The van der Waals surface area contributed by atoms with Crippen molar-refractivity contribution in [1.29, 1.82) is 0 Å². The van der Waals surface area contributed by atoms with E-state index in [9.17, 15) is 16.8 Å². The lowest BCUT2D eigenvalue weighted by atomic mass is 9.86. The Kier molecular flexibility index (Phi) is 5.37. The van der Waals surface area contributed by atoms with Crippen LogP contribution >= 0.6 is 11.6 Å². The molecule has 0 amide bonds. The van der Waals surface area contributed by atoms with E-state index >= 15 is 0 Å². The second-order valence-electron chi connectivity index (χ2n) is 5.82. The van der Waals surface area contributed by atoms with Gasteiger partial charge in [-0.05, 0) is 31.6 Å². The van der Waals surface area contributed by atoms with Crippen LogP contribution in [0.2, 0.25) is 0 Å². The van der Waals surface area contributed by atoms with Crippen molar-refractivity contribution >= 4 is 31.5 Å². The Morgan fingerprint density at radius 3 is 2.25 bits per heavy atom. The molecule has 20 heavy (non-hydrogen) atoms. The first-order valence-electron chi connectivity index (χ1n) is 7.11. The SMILES string of the molecule is O=S1(=O)CCC(S(=O)(=O)NC2CCCCC2CCl)CC1. The van der Waals surface area contributed by atoms with Crippen LogP contribution in [0, 0.1) is 5.92 Å². The minimum absolute atomic E-state index is 0.0256. The first kappa shape index (κ1) is 16.5.